The van der Waals surface area contributed by atoms with Gasteiger partial charge in [0.1, 0.15) is 0 Å². The van der Waals surface area contributed by atoms with E-state index in [4.69, 9.17) is 0 Å². The lowest BCUT2D eigenvalue weighted by atomic mass is 10.1. The molecule has 2 heterocycles. The lowest BCUT2D eigenvalue weighted by molar-refractivity contribution is 0.211. The van der Waals surface area contributed by atoms with E-state index in [9.17, 15) is 0 Å². The van der Waals surface area contributed by atoms with Gasteiger partial charge in [-0.15, -0.1) is 0 Å². The predicted molar refractivity (Wildman–Crippen MR) is 75.5 cm³/mol. The van der Waals surface area contributed by atoms with Crippen molar-refractivity contribution in [2.75, 3.05) is 13.1 Å². The number of hydrogen-bond acceptors (Lipinski definition) is 3. The normalized spacial score (nSPS) is 26.6. The van der Waals surface area contributed by atoms with Crippen molar-refractivity contribution in [2.24, 2.45) is 0 Å². The molecule has 2 atom stereocenters. The molecule has 0 amide bonds. The van der Waals surface area contributed by atoms with Gasteiger partial charge in [0, 0.05) is 31.0 Å². The second kappa shape index (κ2) is 6.30. The summed E-state index contributed by atoms with van der Waals surface area (Å²) in [5, 5.41) is 3.64. The standard InChI is InChI=1S/C15H25N3/c1-12-4-7-16-10-15(12)11-18-8-5-13(2)17-14(3)6-9-18/h4,7,10,13-14,17H,5-6,8-9,11H2,1-3H3. The minimum atomic E-state index is 0.623. The lowest BCUT2D eigenvalue weighted by Crippen LogP contribution is -2.42. The molecule has 100 valence electrons. The highest BCUT2D eigenvalue weighted by Crippen LogP contribution is 2.13. The highest BCUT2D eigenvalue weighted by molar-refractivity contribution is 5.21. The summed E-state index contributed by atoms with van der Waals surface area (Å²) in [6.45, 7) is 10.1. The molecule has 2 unspecified atom stereocenters. The SMILES string of the molecule is Cc1ccncc1CN1CCC(C)NC(C)CC1. The molecule has 0 bridgehead atoms. The maximum absolute atomic E-state index is 4.24. The summed E-state index contributed by atoms with van der Waals surface area (Å²) in [7, 11) is 0. The van der Waals surface area contributed by atoms with Crippen molar-refractivity contribution in [1.29, 1.82) is 0 Å². The Bertz CT molecular complexity index is 366. The van der Waals surface area contributed by atoms with Gasteiger partial charge in [0.2, 0.25) is 0 Å². The van der Waals surface area contributed by atoms with E-state index in [0.717, 1.165) is 6.54 Å². The molecule has 1 aromatic heterocycles. The van der Waals surface area contributed by atoms with Crippen LogP contribution in [0.4, 0.5) is 0 Å². The van der Waals surface area contributed by atoms with Gasteiger partial charge < -0.3 is 5.32 Å². The largest absolute Gasteiger partial charge is 0.312 e. The fourth-order valence-corrected chi connectivity index (χ4v) is 2.58. The fourth-order valence-electron chi connectivity index (χ4n) is 2.58. The topological polar surface area (TPSA) is 28.2 Å². The molecular weight excluding hydrogens is 222 g/mol. The van der Waals surface area contributed by atoms with Crippen molar-refractivity contribution in [3.63, 3.8) is 0 Å². The zero-order valence-electron chi connectivity index (χ0n) is 11.8. The zero-order valence-corrected chi connectivity index (χ0v) is 11.8. The average Bonchev–Trinajstić information content (AvgIpc) is 2.33. The Morgan fingerprint density at radius 1 is 1.28 bits per heavy atom. The van der Waals surface area contributed by atoms with E-state index in [1.54, 1.807) is 0 Å². The van der Waals surface area contributed by atoms with Crippen molar-refractivity contribution in [1.82, 2.24) is 15.2 Å². The second-order valence-electron chi connectivity index (χ2n) is 5.62. The van der Waals surface area contributed by atoms with E-state index in [-0.39, 0.29) is 0 Å². The number of pyridine rings is 1. The zero-order chi connectivity index (χ0) is 13.0. The van der Waals surface area contributed by atoms with Crippen LogP contribution in [0.15, 0.2) is 18.5 Å². The van der Waals surface area contributed by atoms with E-state index in [0.29, 0.717) is 12.1 Å². The van der Waals surface area contributed by atoms with Crippen LogP contribution < -0.4 is 5.32 Å². The third kappa shape index (κ3) is 3.79. The first-order chi connectivity index (χ1) is 8.65. The van der Waals surface area contributed by atoms with Crippen LogP contribution in [0, 0.1) is 6.92 Å². The fraction of sp³-hybridized carbons (Fsp3) is 0.667. The summed E-state index contributed by atoms with van der Waals surface area (Å²) in [6, 6.07) is 3.35. The number of nitrogens with one attached hydrogen (secondary N) is 1. The van der Waals surface area contributed by atoms with Gasteiger partial charge in [-0.25, -0.2) is 0 Å². The van der Waals surface area contributed by atoms with Crippen molar-refractivity contribution in [3.8, 4) is 0 Å². The van der Waals surface area contributed by atoms with Gasteiger partial charge in [-0.3, -0.25) is 9.88 Å². The molecule has 1 aromatic rings. The summed E-state index contributed by atoms with van der Waals surface area (Å²) in [5.41, 5.74) is 2.72. The molecule has 1 N–H and O–H groups in total. The molecule has 0 aromatic carbocycles. The second-order valence-corrected chi connectivity index (χ2v) is 5.62. The Hall–Kier alpha value is -0.930. The molecule has 3 heteroatoms. The summed E-state index contributed by atoms with van der Waals surface area (Å²) in [4.78, 5) is 6.81. The molecule has 1 fully saturated rings. The third-order valence-electron chi connectivity index (χ3n) is 3.87. The van der Waals surface area contributed by atoms with Gasteiger partial charge in [0.15, 0.2) is 0 Å². The van der Waals surface area contributed by atoms with E-state index in [1.165, 1.54) is 37.1 Å². The number of rotatable bonds is 2. The molecule has 1 aliphatic rings. The van der Waals surface area contributed by atoms with Gasteiger partial charge in [-0.2, -0.15) is 0 Å². The van der Waals surface area contributed by atoms with Gasteiger partial charge in [-0.05, 0) is 63.9 Å². The van der Waals surface area contributed by atoms with Crippen molar-refractivity contribution in [2.45, 2.75) is 52.2 Å². The molecule has 0 aliphatic carbocycles. The maximum Gasteiger partial charge on any atom is 0.0315 e. The Balaban J connectivity index is 1.97. The van der Waals surface area contributed by atoms with Gasteiger partial charge in [0.25, 0.3) is 0 Å². The van der Waals surface area contributed by atoms with Crippen LogP contribution in [0.2, 0.25) is 0 Å². The van der Waals surface area contributed by atoms with E-state index >= 15 is 0 Å². The summed E-state index contributed by atoms with van der Waals surface area (Å²) >= 11 is 0. The smallest absolute Gasteiger partial charge is 0.0315 e. The minimum Gasteiger partial charge on any atom is -0.312 e. The third-order valence-corrected chi connectivity index (χ3v) is 3.87. The maximum atomic E-state index is 4.24. The van der Waals surface area contributed by atoms with Crippen LogP contribution in [0.1, 0.15) is 37.8 Å². The van der Waals surface area contributed by atoms with Gasteiger partial charge >= 0.3 is 0 Å². The summed E-state index contributed by atoms with van der Waals surface area (Å²) in [6.07, 6.45) is 6.34. The van der Waals surface area contributed by atoms with Gasteiger partial charge in [-0.1, -0.05) is 0 Å². The van der Waals surface area contributed by atoms with Crippen LogP contribution in [0.25, 0.3) is 0 Å². The molecule has 2 rings (SSSR count). The average molecular weight is 247 g/mol. The molecule has 1 aliphatic heterocycles. The summed E-state index contributed by atoms with van der Waals surface area (Å²) in [5.74, 6) is 0. The first-order valence-electron chi connectivity index (χ1n) is 7.03. The van der Waals surface area contributed by atoms with E-state index in [2.05, 4.69) is 42.0 Å². The molecule has 3 nitrogen and oxygen atoms in total. The Labute approximate surface area is 111 Å². The molecular formula is C15H25N3. The highest BCUT2D eigenvalue weighted by Gasteiger charge is 2.16. The molecule has 0 spiro atoms. The van der Waals surface area contributed by atoms with Crippen molar-refractivity contribution in [3.05, 3.63) is 29.6 Å². The van der Waals surface area contributed by atoms with Crippen LogP contribution in [0.5, 0.6) is 0 Å². The van der Waals surface area contributed by atoms with Crippen molar-refractivity contribution >= 4 is 0 Å². The summed E-state index contributed by atoms with van der Waals surface area (Å²) < 4.78 is 0. The quantitative estimate of drug-likeness (QED) is 0.869. The number of nitrogens with zero attached hydrogens (tertiary/aromatic N) is 2. The van der Waals surface area contributed by atoms with Crippen molar-refractivity contribution < 1.29 is 0 Å². The predicted octanol–water partition coefficient (Wildman–Crippen LogP) is 2.35. The minimum absolute atomic E-state index is 0.623. The number of hydrogen-bond donors (Lipinski definition) is 1. The monoisotopic (exact) mass is 247 g/mol. The van der Waals surface area contributed by atoms with E-state index in [1.807, 2.05) is 12.4 Å². The molecule has 18 heavy (non-hydrogen) atoms. The molecule has 0 radical (unpaired) electrons. The highest BCUT2D eigenvalue weighted by atomic mass is 15.1. The van der Waals surface area contributed by atoms with Crippen LogP contribution >= 0.6 is 0 Å². The first-order valence-corrected chi connectivity index (χ1v) is 7.03. The number of aromatic nitrogens is 1. The number of aryl methyl sites for hydroxylation is 1. The molecule has 0 saturated carbocycles. The lowest BCUT2D eigenvalue weighted by Gasteiger charge is -2.31. The molecule has 1 saturated heterocycles. The van der Waals surface area contributed by atoms with Gasteiger partial charge in [0.05, 0.1) is 0 Å². The van der Waals surface area contributed by atoms with Crippen LogP contribution in [-0.4, -0.2) is 35.1 Å². The van der Waals surface area contributed by atoms with E-state index < -0.39 is 0 Å². The Kier molecular flexibility index (Phi) is 4.72. The van der Waals surface area contributed by atoms with Crippen LogP contribution in [0.3, 0.4) is 0 Å². The Morgan fingerprint density at radius 3 is 2.56 bits per heavy atom. The van der Waals surface area contributed by atoms with Crippen LogP contribution in [-0.2, 0) is 6.54 Å². The first kappa shape index (κ1) is 13.5. The Morgan fingerprint density at radius 2 is 1.94 bits per heavy atom.